The molecule has 0 saturated carbocycles. The van der Waals surface area contributed by atoms with E-state index in [9.17, 15) is 8.42 Å². The molecule has 6 nitrogen and oxygen atoms in total. The third-order valence-electron chi connectivity index (χ3n) is 2.20. The lowest BCUT2D eigenvalue weighted by Gasteiger charge is -2.11. The summed E-state index contributed by atoms with van der Waals surface area (Å²) in [6.45, 7) is 8.46. The number of sulfone groups is 1. The summed E-state index contributed by atoms with van der Waals surface area (Å²) in [5.74, 6) is 0.926. The predicted octanol–water partition coefficient (Wildman–Crippen LogP) is 0.0127. The van der Waals surface area contributed by atoms with Crippen molar-refractivity contribution in [2.24, 2.45) is 4.99 Å². The number of ether oxygens (including phenoxy) is 1. The second-order valence-corrected chi connectivity index (χ2v) is 6.09. The van der Waals surface area contributed by atoms with Gasteiger partial charge in [0.2, 0.25) is 0 Å². The fourth-order valence-electron chi connectivity index (χ4n) is 1.18. The molecule has 0 aromatic carbocycles. The first-order chi connectivity index (χ1) is 8.55. The number of rotatable bonds is 9. The molecule has 0 atom stereocenters. The minimum absolute atomic E-state index is 0.124. The molecule has 0 heterocycles. The molecule has 0 aromatic rings. The lowest BCUT2D eigenvalue weighted by molar-refractivity contribution is 0.155. The van der Waals surface area contributed by atoms with Crippen LogP contribution in [0.1, 0.15) is 20.8 Å². The van der Waals surface area contributed by atoms with Crippen LogP contribution in [0.25, 0.3) is 0 Å². The molecule has 7 heteroatoms. The van der Waals surface area contributed by atoms with E-state index in [1.165, 1.54) is 0 Å². The zero-order valence-corrected chi connectivity index (χ0v) is 12.3. The van der Waals surface area contributed by atoms with Crippen molar-refractivity contribution in [2.45, 2.75) is 20.8 Å². The Labute approximate surface area is 110 Å². The molecule has 0 aliphatic carbocycles. The van der Waals surface area contributed by atoms with Crippen LogP contribution in [0.2, 0.25) is 0 Å². The summed E-state index contributed by atoms with van der Waals surface area (Å²) >= 11 is 0. The second-order valence-electron chi connectivity index (χ2n) is 3.62. The van der Waals surface area contributed by atoms with Crippen LogP contribution < -0.4 is 10.6 Å². The molecule has 0 aliphatic rings. The third-order valence-corrected chi connectivity index (χ3v) is 3.91. The maximum Gasteiger partial charge on any atom is 0.191 e. The first-order valence-electron chi connectivity index (χ1n) is 6.36. The lowest BCUT2D eigenvalue weighted by atomic mass is 10.6. The average Bonchev–Trinajstić information content (AvgIpc) is 2.34. The van der Waals surface area contributed by atoms with Crippen molar-refractivity contribution < 1.29 is 13.2 Å². The number of hydrogen-bond donors (Lipinski definition) is 2. The van der Waals surface area contributed by atoms with Gasteiger partial charge >= 0.3 is 0 Å². The van der Waals surface area contributed by atoms with E-state index in [2.05, 4.69) is 15.6 Å². The first kappa shape index (κ1) is 17.2. The van der Waals surface area contributed by atoms with Crippen molar-refractivity contribution in [1.29, 1.82) is 0 Å². The fraction of sp³-hybridized carbons (Fsp3) is 0.909. The van der Waals surface area contributed by atoms with Crippen molar-refractivity contribution in [3.05, 3.63) is 0 Å². The minimum atomic E-state index is -2.93. The van der Waals surface area contributed by atoms with Crippen LogP contribution >= 0.6 is 0 Å². The summed E-state index contributed by atoms with van der Waals surface area (Å²) in [4.78, 5) is 4.27. The molecule has 0 rings (SSSR count). The molecule has 0 aliphatic heterocycles. The van der Waals surface area contributed by atoms with Crippen molar-refractivity contribution in [3.63, 3.8) is 0 Å². The number of aliphatic imine (C=N–C) groups is 1. The monoisotopic (exact) mass is 279 g/mol. The van der Waals surface area contributed by atoms with E-state index in [1.54, 1.807) is 6.92 Å². The summed E-state index contributed by atoms with van der Waals surface area (Å²) in [5.41, 5.74) is 0. The van der Waals surface area contributed by atoms with Gasteiger partial charge in [0.15, 0.2) is 15.8 Å². The Kier molecular flexibility index (Phi) is 9.67. The van der Waals surface area contributed by atoms with E-state index in [-0.39, 0.29) is 11.5 Å². The van der Waals surface area contributed by atoms with E-state index in [1.807, 2.05) is 13.8 Å². The van der Waals surface area contributed by atoms with Gasteiger partial charge < -0.3 is 15.4 Å². The molecule has 0 bridgehead atoms. The average molecular weight is 279 g/mol. The highest BCUT2D eigenvalue weighted by Crippen LogP contribution is 1.87. The van der Waals surface area contributed by atoms with Gasteiger partial charge in [-0.15, -0.1) is 0 Å². The second kappa shape index (κ2) is 10.1. The van der Waals surface area contributed by atoms with Crippen LogP contribution in [0.4, 0.5) is 0 Å². The van der Waals surface area contributed by atoms with Crippen molar-refractivity contribution in [3.8, 4) is 0 Å². The van der Waals surface area contributed by atoms with E-state index >= 15 is 0 Å². The summed E-state index contributed by atoms with van der Waals surface area (Å²) in [5, 5.41) is 6.04. The fourth-order valence-corrected chi connectivity index (χ4v) is 1.88. The Hall–Kier alpha value is -0.820. The Morgan fingerprint density at radius 3 is 2.50 bits per heavy atom. The van der Waals surface area contributed by atoms with Gasteiger partial charge in [-0.3, -0.25) is 4.99 Å². The zero-order chi connectivity index (χ0) is 13.9. The molecular weight excluding hydrogens is 254 g/mol. The Morgan fingerprint density at radius 2 is 1.94 bits per heavy atom. The third kappa shape index (κ3) is 9.23. The Bertz CT molecular complexity index is 328. The SMILES string of the molecule is CCNC(=NCCOCC)NCCS(=O)(=O)CC. The van der Waals surface area contributed by atoms with E-state index in [0.29, 0.717) is 32.3 Å². The van der Waals surface area contributed by atoms with Crippen LogP contribution in [0.5, 0.6) is 0 Å². The predicted molar refractivity (Wildman–Crippen MR) is 74.8 cm³/mol. The molecule has 0 unspecified atom stereocenters. The van der Waals surface area contributed by atoms with Gasteiger partial charge in [-0.2, -0.15) is 0 Å². The highest BCUT2D eigenvalue weighted by Gasteiger charge is 2.07. The molecule has 2 N–H and O–H groups in total. The van der Waals surface area contributed by atoms with Gasteiger partial charge in [0.25, 0.3) is 0 Å². The number of nitrogens with zero attached hydrogens (tertiary/aromatic N) is 1. The van der Waals surface area contributed by atoms with E-state index < -0.39 is 9.84 Å². The quantitative estimate of drug-likeness (QED) is 0.353. The standard InChI is InChI=1S/C11H25N3O3S/c1-4-12-11(13-7-9-17-5-2)14-8-10-18(15,16)6-3/h4-10H2,1-3H3,(H2,12,13,14). The highest BCUT2D eigenvalue weighted by atomic mass is 32.2. The zero-order valence-electron chi connectivity index (χ0n) is 11.5. The molecule has 18 heavy (non-hydrogen) atoms. The van der Waals surface area contributed by atoms with Crippen LogP contribution in [0.15, 0.2) is 4.99 Å². The smallest absolute Gasteiger partial charge is 0.191 e. The molecule has 0 radical (unpaired) electrons. The van der Waals surface area contributed by atoms with Gasteiger partial charge in [-0.05, 0) is 13.8 Å². The maximum absolute atomic E-state index is 11.3. The summed E-state index contributed by atoms with van der Waals surface area (Å²) in [7, 11) is -2.93. The van der Waals surface area contributed by atoms with E-state index in [0.717, 1.165) is 6.54 Å². The van der Waals surface area contributed by atoms with Crippen LogP contribution in [-0.2, 0) is 14.6 Å². The van der Waals surface area contributed by atoms with Gasteiger partial charge in [0.05, 0.1) is 18.9 Å². The summed E-state index contributed by atoms with van der Waals surface area (Å²) < 4.78 is 27.8. The largest absolute Gasteiger partial charge is 0.380 e. The van der Waals surface area contributed by atoms with E-state index in [4.69, 9.17) is 4.74 Å². The Balaban J connectivity index is 4.03. The number of nitrogens with one attached hydrogen (secondary N) is 2. The molecule has 108 valence electrons. The Morgan fingerprint density at radius 1 is 1.22 bits per heavy atom. The molecular formula is C11H25N3O3S. The maximum atomic E-state index is 11.3. The van der Waals surface area contributed by atoms with Gasteiger partial charge in [0.1, 0.15) is 0 Å². The van der Waals surface area contributed by atoms with Crippen LogP contribution in [0.3, 0.4) is 0 Å². The van der Waals surface area contributed by atoms with Crippen molar-refractivity contribution in [2.75, 3.05) is 44.4 Å². The van der Waals surface area contributed by atoms with Gasteiger partial charge in [0, 0.05) is 25.4 Å². The number of hydrogen-bond acceptors (Lipinski definition) is 4. The first-order valence-corrected chi connectivity index (χ1v) is 8.18. The number of guanidine groups is 1. The summed E-state index contributed by atoms with van der Waals surface area (Å²) in [6.07, 6.45) is 0. The van der Waals surface area contributed by atoms with Crippen LogP contribution in [-0.4, -0.2) is 58.7 Å². The molecule has 0 aromatic heterocycles. The topological polar surface area (TPSA) is 79.8 Å². The molecule has 0 spiro atoms. The van der Waals surface area contributed by atoms with Gasteiger partial charge in [-0.25, -0.2) is 8.42 Å². The minimum Gasteiger partial charge on any atom is -0.380 e. The van der Waals surface area contributed by atoms with Gasteiger partial charge in [-0.1, -0.05) is 6.92 Å². The molecule has 0 fully saturated rings. The summed E-state index contributed by atoms with van der Waals surface area (Å²) in [6, 6.07) is 0. The van der Waals surface area contributed by atoms with Crippen molar-refractivity contribution >= 4 is 15.8 Å². The molecule has 0 amide bonds. The highest BCUT2D eigenvalue weighted by molar-refractivity contribution is 7.91. The van der Waals surface area contributed by atoms with Crippen molar-refractivity contribution in [1.82, 2.24) is 10.6 Å². The van der Waals surface area contributed by atoms with Crippen LogP contribution in [0, 0.1) is 0 Å². The normalized spacial score (nSPS) is 12.5. The lowest BCUT2D eigenvalue weighted by Crippen LogP contribution is -2.40. The molecule has 0 saturated heterocycles.